The van der Waals surface area contributed by atoms with Gasteiger partial charge in [-0.2, -0.15) is 4.98 Å². The van der Waals surface area contributed by atoms with Crippen molar-refractivity contribution in [1.29, 1.82) is 0 Å². The number of aromatic nitrogens is 2. The Hall–Kier alpha value is -4.32. The van der Waals surface area contributed by atoms with Crippen LogP contribution in [0.1, 0.15) is 51.7 Å². The molecular weight excluding hydrogens is 424 g/mol. The third-order valence-electron chi connectivity index (χ3n) is 6.10. The summed E-state index contributed by atoms with van der Waals surface area (Å²) in [5, 5.41) is 3.31. The first-order valence-corrected chi connectivity index (χ1v) is 11.3. The van der Waals surface area contributed by atoms with Crippen LogP contribution >= 0.6 is 0 Å². The van der Waals surface area contributed by atoms with Crippen molar-refractivity contribution in [3.05, 3.63) is 107 Å². The van der Waals surface area contributed by atoms with Crippen LogP contribution in [0.3, 0.4) is 0 Å². The van der Waals surface area contributed by atoms with Gasteiger partial charge in [0.25, 0.3) is 5.91 Å². The summed E-state index contributed by atoms with van der Waals surface area (Å²) in [6.07, 6.45) is 1.65. The van der Waals surface area contributed by atoms with Crippen molar-refractivity contribution >= 4 is 23.5 Å². The fourth-order valence-electron chi connectivity index (χ4n) is 4.40. The minimum absolute atomic E-state index is 0.00198. The Balaban J connectivity index is 1.47. The summed E-state index contributed by atoms with van der Waals surface area (Å²) < 4.78 is 0. The van der Waals surface area contributed by atoms with Gasteiger partial charge in [-0.3, -0.25) is 14.5 Å². The Morgan fingerprint density at radius 3 is 2.38 bits per heavy atom. The second kappa shape index (κ2) is 8.90. The lowest BCUT2D eigenvalue weighted by Gasteiger charge is -2.22. The standard InChI is InChI=1S/C28H24N4O2/c1-3-32(24-16-17-29-28(31-24)30-18(2)19-10-5-4-6-11-19)27(34)23-15-9-14-22-25(23)20-12-7-8-13-21(20)26(22)33/h4-18H,3H2,1-2H3,(H,29,30,31)/t18-/m1/s1. The summed E-state index contributed by atoms with van der Waals surface area (Å²) in [6.45, 7) is 4.36. The maximum atomic E-state index is 13.7. The molecule has 5 rings (SSSR count). The van der Waals surface area contributed by atoms with E-state index < -0.39 is 0 Å². The van der Waals surface area contributed by atoms with Crippen molar-refractivity contribution in [2.75, 3.05) is 16.8 Å². The Labute approximate surface area is 198 Å². The molecule has 34 heavy (non-hydrogen) atoms. The van der Waals surface area contributed by atoms with Gasteiger partial charge in [-0.25, -0.2) is 4.98 Å². The van der Waals surface area contributed by atoms with Gasteiger partial charge in [-0.1, -0.05) is 66.7 Å². The second-order valence-corrected chi connectivity index (χ2v) is 8.17. The fraction of sp³-hybridized carbons (Fsp3) is 0.143. The molecule has 0 spiro atoms. The Bertz CT molecular complexity index is 1380. The van der Waals surface area contributed by atoms with Gasteiger partial charge in [0.1, 0.15) is 5.82 Å². The molecule has 0 saturated heterocycles. The van der Waals surface area contributed by atoms with Gasteiger partial charge in [0.2, 0.25) is 5.95 Å². The van der Waals surface area contributed by atoms with E-state index in [-0.39, 0.29) is 17.7 Å². The number of fused-ring (bicyclic) bond motifs is 3. The first kappa shape index (κ1) is 21.5. The highest BCUT2D eigenvalue weighted by Gasteiger charge is 2.31. The molecule has 4 aromatic rings. The van der Waals surface area contributed by atoms with E-state index in [0.717, 1.165) is 11.1 Å². The van der Waals surface area contributed by atoms with Gasteiger partial charge in [-0.05, 0) is 37.1 Å². The summed E-state index contributed by atoms with van der Waals surface area (Å²) in [5.41, 5.74) is 4.28. The molecule has 1 aliphatic carbocycles. The third kappa shape index (κ3) is 3.73. The first-order chi connectivity index (χ1) is 16.6. The zero-order valence-electron chi connectivity index (χ0n) is 19.0. The maximum absolute atomic E-state index is 13.7. The van der Waals surface area contributed by atoms with E-state index in [9.17, 15) is 9.59 Å². The van der Waals surface area contributed by atoms with Crippen LogP contribution in [0.4, 0.5) is 11.8 Å². The molecule has 0 unspecified atom stereocenters. The number of nitrogens with zero attached hydrogens (tertiary/aromatic N) is 3. The highest BCUT2D eigenvalue weighted by molar-refractivity contribution is 6.25. The number of hydrogen-bond acceptors (Lipinski definition) is 5. The quantitative estimate of drug-likeness (QED) is 0.370. The molecular formula is C28H24N4O2. The molecule has 6 heteroatoms. The van der Waals surface area contributed by atoms with Crippen LogP contribution < -0.4 is 10.2 Å². The zero-order valence-corrected chi connectivity index (χ0v) is 19.0. The van der Waals surface area contributed by atoms with Crippen LogP contribution in [-0.4, -0.2) is 28.2 Å². The van der Waals surface area contributed by atoms with Crippen molar-refractivity contribution in [1.82, 2.24) is 9.97 Å². The van der Waals surface area contributed by atoms with E-state index in [0.29, 0.717) is 40.6 Å². The number of carbonyl (C=O) groups is 2. The molecule has 3 aromatic carbocycles. The molecule has 0 bridgehead atoms. The van der Waals surface area contributed by atoms with Crippen molar-refractivity contribution < 1.29 is 9.59 Å². The molecule has 1 atom stereocenters. The van der Waals surface area contributed by atoms with E-state index >= 15 is 0 Å². The summed E-state index contributed by atoms with van der Waals surface area (Å²) in [7, 11) is 0. The average Bonchev–Trinajstić information content (AvgIpc) is 3.17. The van der Waals surface area contributed by atoms with Crippen LogP contribution in [0, 0.1) is 0 Å². The van der Waals surface area contributed by atoms with E-state index in [1.165, 1.54) is 0 Å². The number of ketones is 1. The van der Waals surface area contributed by atoms with Crippen LogP contribution in [0.15, 0.2) is 85.1 Å². The van der Waals surface area contributed by atoms with Gasteiger partial charge < -0.3 is 5.32 Å². The number of amides is 1. The van der Waals surface area contributed by atoms with Crippen LogP contribution in [0.5, 0.6) is 0 Å². The van der Waals surface area contributed by atoms with Crippen LogP contribution in [0.2, 0.25) is 0 Å². The van der Waals surface area contributed by atoms with Gasteiger partial charge in [0.15, 0.2) is 5.78 Å². The summed E-state index contributed by atoms with van der Waals surface area (Å²) >= 11 is 0. The highest BCUT2D eigenvalue weighted by Crippen LogP contribution is 2.39. The minimum atomic E-state index is -0.204. The summed E-state index contributed by atoms with van der Waals surface area (Å²) in [4.78, 5) is 37.2. The number of carbonyl (C=O) groups excluding carboxylic acids is 2. The van der Waals surface area contributed by atoms with Gasteiger partial charge >= 0.3 is 0 Å². The van der Waals surface area contributed by atoms with Crippen LogP contribution in [-0.2, 0) is 0 Å². The molecule has 0 aliphatic heterocycles. The molecule has 1 heterocycles. The molecule has 1 aliphatic rings. The lowest BCUT2D eigenvalue weighted by Crippen LogP contribution is -2.32. The number of hydrogen-bond donors (Lipinski definition) is 1. The number of rotatable bonds is 6. The lowest BCUT2D eigenvalue weighted by molar-refractivity contribution is 0.0988. The molecule has 1 amide bonds. The van der Waals surface area contributed by atoms with Crippen molar-refractivity contribution in [2.24, 2.45) is 0 Å². The topological polar surface area (TPSA) is 75.2 Å². The molecule has 0 fully saturated rings. The SMILES string of the molecule is CCN(C(=O)c1cccc2c1-c1ccccc1C2=O)c1ccnc(N[C@H](C)c2ccccc2)n1. The van der Waals surface area contributed by atoms with E-state index in [2.05, 4.69) is 15.3 Å². The Morgan fingerprint density at radius 2 is 1.62 bits per heavy atom. The molecule has 0 saturated carbocycles. The molecule has 168 valence electrons. The largest absolute Gasteiger partial charge is 0.348 e. The molecule has 1 aromatic heterocycles. The zero-order chi connectivity index (χ0) is 23.7. The van der Waals surface area contributed by atoms with E-state index in [1.54, 1.807) is 41.4 Å². The minimum Gasteiger partial charge on any atom is -0.348 e. The number of nitrogens with one attached hydrogen (secondary N) is 1. The predicted molar refractivity (Wildman–Crippen MR) is 133 cm³/mol. The van der Waals surface area contributed by atoms with Crippen molar-refractivity contribution in [3.8, 4) is 11.1 Å². The monoisotopic (exact) mass is 448 g/mol. The third-order valence-corrected chi connectivity index (χ3v) is 6.10. The number of benzene rings is 3. The molecule has 1 N–H and O–H groups in total. The maximum Gasteiger partial charge on any atom is 0.260 e. The number of anilines is 2. The Kier molecular flexibility index (Phi) is 5.64. The predicted octanol–water partition coefficient (Wildman–Crippen LogP) is 5.53. The average molecular weight is 449 g/mol. The van der Waals surface area contributed by atoms with Crippen molar-refractivity contribution in [3.63, 3.8) is 0 Å². The molecule has 0 radical (unpaired) electrons. The normalized spacial score (nSPS) is 12.6. The van der Waals surface area contributed by atoms with Gasteiger partial charge in [0, 0.05) is 35.0 Å². The molecule has 6 nitrogen and oxygen atoms in total. The second-order valence-electron chi connectivity index (χ2n) is 8.17. The fourth-order valence-corrected chi connectivity index (χ4v) is 4.40. The summed E-state index contributed by atoms with van der Waals surface area (Å²) in [6, 6.07) is 24.5. The van der Waals surface area contributed by atoms with Gasteiger partial charge in [0.05, 0.1) is 6.04 Å². The van der Waals surface area contributed by atoms with Crippen molar-refractivity contribution in [2.45, 2.75) is 19.9 Å². The van der Waals surface area contributed by atoms with Crippen LogP contribution in [0.25, 0.3) is 11.1 Å². The highest BCUT2D eigenvalue weighted by atomic mass is 16.2. The van der Waals surface area contributed by atoms with E-state index in [4.69, 9.17) is 0 Å². The van der Waals surface area contributed by atoms with Gasteiger partial charge in [-0.15, -0.1) is 0 Å². The summed E-state index contributed by atoms with van der Waals surface area (Å²) in [5.74, 6) is 0.690. The Morgan fingerprint density at radius 1 is 0.912 bits per heavy atom. The smallest absolute Gasteiger partial charge is 0.260 e. The first-order valence-electron chi connectivity index (χ1n) is 11.3. The van der Waals surface area contributed by atoms with E-state index in [1.807, 2.05) is 62.4 Å². The lowest BCUT2D eigenvalue weighted by atomic mass is 9.98.